The third-order valence-electron chi connectivity index (χ3n) is 7.23. The average molecular weight is 595 g/mol. The van der Waals surface area contributed by atoms with Gasteiger partial charge in [-0.15, -0.1) is 0 Å². The van der Waals surface area contributed by atoms with Gasteiger partial charge in [0.25, 0.3) is 10.0 Å². The topological polar surface area (TPSA) is 123 Å². The van der Waals surface area contributed by atoms with Crippen LogP contribution in [0.4, 0.5) is 13.2 Å². The monoisotopic (exact) mass is 594 g/mol. The lowest BCUT2D eigenvalue weighted by molar-refractivity contribution is -0.192. The maximum atomic E-state index is 12.6. The lowest BCUT2D eigenvalue weighted by Gasteiger charge is -2.37. The van der Waals surface area contributed by atoms with Gasteiger partial charge in [-0.05, 0) is 54.5 Å². The van der Waals surface area contributed by atoms with Crippen molar-refractivity contribution in [3.63, 3.8) is 0 Å². The van der Waals surface area contributed by atoms with Gasteiger partial charge in [0.2, 0.25) is 0 Å². The maximum absolute atomic E-state index is 12.6. The molecule has 0 spiro atoms. The molecule has 0 saturated heterocycles. The van der Waals surface area contributed by atoms with Crippen LogP contribution >= 0.6 is 0 Å². The molecule has 1 aliphatic carbocycles. The Kier molecular flexibility index (Phi) is 9.72. The van der Waals surface area contributed by atoms with Crippen molar-refractivity contribution in [1.29, 1.82) is 0 Å². The first-order chi connectivity index (χ1) is 19.4. The molecule has 1 saturated carbocycles. The number of aryl methyl sites for hydroxylation is 1. The Bertz CT molecular complexity index is 1430. The highest BCUT2D eigenvalue weighted by Crippen LogP contribution is 2.37. The summed E-state index contributed by atoms with van der Waals surface area (Å²) in [5.74, 6) is -0.851. The van der Waals surface area contributed by atoms with Gasteiger partial charge in [0, 0.05) is 31.7 Å². The summed E-state index contributed by atoms with van der Waals surface area (Å²) in [4.78, 5) is 12.9. The molecular weight excluding hydrogens is 561 g/mol. The maximum Gasteiger partial charge on any atom is 0.490 e. The van der Waals surface area contributed by atoms with E-state index in [9.17, 15) is 21.6 Å². The molecule has 0 radical (unpaired) electrons. The molecule has 2 unspecified atom stereocenters. The van der Waals surface area contributed by atoms with Crippen molar-refractivity contribution in [2.75, 3.05) is 13.2 Å². The normalized spacial score (nSPS) is 18.8. The minimum Gasteiger partial charge on any atom is -0.492 e. The number of nitrogens with zero attached hydrogens (tertiary/aromatic N) is 2. The summed E-state index contributed by atoms with van der Waals surface area (Å²) in [6, 6.07) is 16.8. The summed E-state index contributed by atoms with van der Waals surface area (Å²) < 4.78 is 67.4. The Hall–Kier alpha value is -3.42. The molecule has 2 aromatic carbocycles. The quantitative estimate of drug-likeness (QED) is 0.342. The Morgan fingerprint density at radius 1 is 1.15 bits per heavy atom. The summed E-state index contributed by atoms with van der Waals surface area (Å²) in [6.45, 7) is 1.87. The SMILES string of the molecule is Cn1cnc(S(=O)(=O)NCc2ccc3c(c2)C(Cc2ccccc2)C(NCC2CCC2)CO3)c1.O=C(O)C(F)(F)F. The predicted molar refractivity (Wildman–Crippen MR) is 145 cm³/mol. The molecule has 3 N–H and O–H groups in total. The molecule has 41 heavy (non-hydrogen) atoms. The van der Waals surface area contributed by atoms with Crippen LogP contribution in [0.15, 0.2) is 66.1 Å². The molecule has 1 fully saturated rings. The number of hydrogen-bond donors (Lipinski definition) is 3. The van der Waals surface area contributed by atoms with Crippen LogP contribution in [0.1, 0.15) is 41.9 Å². The number of rotatable bonds is 9. The molecule has 5 rings (SSSR count). The zero-order chi connectivity index (χ0) is 29.6. The van der Waals surface area contributed by atoms with Crippen molar-refractivity contribution in [2.24, 2.45) is 13.0 Å². The number of carboxylic acid groups (broad SMARTS) is 1. The number of ether oxygens (including phenoxy) is 1. The average Bonchev–Trinajstić information content (AvgIpc) is 3.35. The Labute approximate surface area is 236 Å². The van der Waals surface area contributed by atoms with Crippen LogP contribution in [0, 0.1) is 5.92 Å². The summed E-state index contributed by atoms with van der Waals surface area (Å²) in [5, 5.41) is 10.9. The minimum absolute atomic E-state index is 0.0264. The molecule has 2 heterocycles. The molecule has 0 amide bonds. The number of carbonyl (C=O) groups is 1. The number of aromatic nitrogens is 2. The van der Waals surface area contributed by atoms with E-state index in [0.717, 1.165) is 35.8 Å². The number of hydrogen-bond acceptors (Lipinski definition) is 6. The van der Waals surface area contributed by atoms with E-state index in [1.54, 1.807) is 11.6 Å². The molecule has 2 atom stereocenters. The fourth-order valence-corrected chi connectivity index (χ4v) is 5.75. The molecule has 0 bridgehead atoms. The van der Waals surface area contributed by atoms with Gasteiger partial charge >= 0.3 is 12.1 Å². The zero-order valence-electron chi connectivity index (χ0n) is 22.5. The molecule has 1 aromatic heterocycles. The van der Waals surface area contributed by atoms with Gasteiger partial charge in [-0.2, -0.15) is 13.2 Å². The van der Waals surface area contributed by atoms with Crippen LogP contribution in [0.5, 0.6) is 5.75 Å². The van der Waals surface area contributed by atoms with E-state index in [2.05, 4.69) is 45.4 Å². The number of aliphatic carboxylic acids is 1. The largest absolute Gasteiger partial charge is 0.492 e. The van der Waals surface area contributed by atoms with Gasteiger partial charge in [-0.25, -0.2) is 22.9 Å². The van der Waals surface area contributed by atoms with Gasteiger partial charge in [0.05, 0.1) is 6.33 Å². The number of sulfonamides is 1. The minimum atomic E-state index is -5.08. The van der Waals surface area contributed by atoms with Gasteiger partial charge in [0.15, 0.2) is 5.03 Å². The van der Waals surface area contributed by atoms with Crippen molar-refractivity contribution in [2.45, 2.75) is 55.4 Å². The second kappa shape index (κ2) is 13.0. The van der Waals surface area contributed by atoms with E-state index in [0.29, 0.717) is 6.61 Å². The van der Waals surface area contributed by atoms with Crippen molar-refractivity contribution >= 4 is 16.0 Å². The van der Waals surface area contributed by atoms with Crippen LogP contribution in [0.2, 0.25) is 0 Å². The summed E-state index contributed by atoms with van der Waals surface area (Å²) in [7, 11) is -1.92. The number of imidazole rings is 1. The van der Waals surface area contributed by atoms with E-state index in [4.69, 9.17) is 14.6 Å². The highest BCUT2D eigenvalue weighted by Gasteiger charge is 2.38. The number of benzene rings is 2. The van der Waals surface area contributed by atoms with E-state index in [1.807, 2.05) is 18.2 Å². The number of carboxylic acids is 1. The fraction of sp³-hybridized carbons (Fsp3) is 0.429. The molecular formula is C28H33F3N4O5S. The molecule has 1 aliphatic heterocycles. The fourth-order valence-electron chi connectivity index (χ4n) is 4.76. The lowest BCUT2D eigenvalue weighted by Crippen LogP contribution is -2.46. The number of halogens is 3. The summed E-state index contributed by atoms with van der Waals surface area (Å²) in [5.41, 5.74) is 3.33. The van der Waals surface area contributed by atoms with Gasteiger partial charge in [-0.3, -0.25) is 0 Å². The first-order valence-corrected chi connectivity index (χ1v) is 14.7. The molecule has 2 aliphatic rings. The number of nitrogens with one attached hydrogen (secondary N) is 2. The lowest BCUT2D eigenvalue weighted by atomic mass is 9.81. The van der Waals surface area contributed by atoms with Crippen LogP contribution in [0.25, 0.3) is 0 Å². The number of fused-ring (bicyclic) bond motifs is 1. The van der Waals surface area contributed by atoms with Crippen LogP contribution in [-0.2, 0) is 34.8 Å². The highest BCUT2D eigenvalue weighted by atomic mass is 32.2. The Morgan fingerprint density at radius 3 is 2.44 bits per heavy atom. The highest BCUT2D eigenvalue weighted by molar-refractivity contribution is 7.89. The zero-order valence-corrected chi connectivity index (χ0v) is 23.3. The van der Waals surface area contributed by atoms with Crippen LogP contribution < -0.4 is 14.8 Å². The van der Waals surface area contributed by atoms with E-state index >= 15 is 0 Å². The van der Waals surface area contributed by atoms with E-state index < -0.39 is 22.2 Å². The number of alkyl halides is 3. The van der Waals surface area contributed by atoms with Gasteiger partial charge in [-0.1, -0.05) is 48.9 Å². The van der Waals surface area contributed by atoms with Crippen LogP contribution in [0.3, 0.4) is 0 Å². The van der Waals surface area contributed by atoms with Crippen molar-refractivity contribution < 1.29 is 36.2 Å². The third-order valence-corrected chi connectivity index (χ3v) is 8.52. The first-order valence-electron chi connectivity index (χ1n) is 13.2. The molecule has 13 heteroatoms. The Balaban J connectivity index is 0.000000493. The third kappa shape index (κ3) is 8.30. The Morgan fingerprint density at radius 2 is 1.85 bits per heavy atom. The second-order valence-electron chi connectivity index (χ2n) is 10.3. The van der Waals surface area contributed by atoms with E-state index in [-0.39, 0.29) is 23.5 Å². The molecule has 222 valence electrons. The predicted octanol–water partition coefficient (Wildman–Crippen LogP) is 4.01. The standard InChI is InChI=1S/C26H32N4O3S.C2HF3O2/c1-30-16-26(28-18-30)34(31,32)29-15-21-10-11-25-23(13-21)22(12-19-6-3-2-4-7-19)24(17-33-25)27-14-20-8-5-9-20;3-2(4,5)1(6)7/h2-4,6-7,10-11,13,16,18,20,22,24,27,29H,5,8-9,12,14-15,17H2,1H3;(H,6,7). The van der Waals surface area contributed by atoms with Gasteiger partial charge < -0.3 is 19.7 Å². The molecule has 3 aromatic rings. The van der Waals surface area contributed by atoms with Gasteiger partial charge in [0.1, 0.15) is 12.4 Å². The summed E-state index contributed by atoms with van der Waals surface area (Å²) >= 11 is 0. The van der Waals surface area contributed by atoms with Crippen LogP contribution in [-0.4, -0.2) is 54.4 Å². The summed E-state index contributed by atoms with van der Waals surface area (Å²) in [6.07, 6.45) is 2.75. The van der Waals surface area contributed by atoms with Crippen molar-refractivity contribution in [1.82, 2.24) is 19.6 Å². The second-order valence-corrected chi connectivity index (χ2v) is 12.0. The first kappa shape index (κ1) is 30.5. The van der Waals surface area contributed by atoms with Crippen molar-refractivity contribution in [3.05, 3.63) is 77.7 Å². The molecule has 9 nitrogen and oxygen atoms in total. The smallest absolute Gasteiger partial charge is 0.490 e. The van der Waals surface area contributed by atoms with E-state index in [1.165, 1.54) is 37.4 Å². The van der Waals surface area contributed by atoms with Crippen molar-refractivity contribution in [3.8, 4) is 5.75 Å².